The molecular formula is C11H9FOS. The van der Waals surface area contributed by atoms with Gasteiger partial charge in [0.05, 0.1) is 5.56 Å². The van der Waals surface area contributed by atoms with E-state index in [0.717, 1.165) is 16.5 Å². The van der Waals surface area contributed by atoms with Gasteiger partial charge in [0, 0.05) is 4.70 Å². The number of rotatable bonds is 2. The van der Waals surface area contributed by atoms with Gasteiger partial charge >= 0.3 is 0 Å². The Balaban J connectivity index is 2.83. The number of thiophene rings is 1. The van der Waals surface area contributed by atoms with Crippen LogP contribution < -0.4 is 0 Å². The Morgan fingerprint density at radius 2 is 2.29 bits per heavy atom. The molecule has 0 fully saturated rings. The van der Waals surface area contributed by atoms with Crippen molar-refractivity contribution in [1.29, 1.82) is 0 Å². The van der Waals surface area contributed by atoms with Gasteiger partial charge < -0.3 is 0 Å². The summed E-state index contributed by atoms with van der Waals surface area (Å²) in [5.41, 5.74) is 1.36. The monoisotopic (exact) mass is 208 g/mol. The average Bonchev–Trinajstić information content (AvgIpc) is 2.60. The summed E-state index contributed by atoms with van der Waals surface area (Å²) in [6, 6.07) is 3.10. The van der Waals surface area contributed by atoms with Crippen molar-refractivity contribution >= 4 is 27.7 Å². The molecule has 0 bridgehead atoms. The second kappa shape index (κ2) is 3.50. The molecule has 14 heavy (non-hydrogen) atoms. The number of hydrogen-bond donors (Lipinski definition) is 0. The number of halogens is 1. The second-order valence-electron chi connectivity index (χ2n) is 3.07. The number of benzene rings is 1. The molecule has 0 aliphatic rings. The SMILES string of the molecule is CCc1csc2c(C=O)c(F)ccc12. The molecule has 0 radical (unpaired) electrons. The van der Waals surface area contributed by atoms with Crippen LogP contribution in [0.15, 0.2) is 17.5 Å². The zero-order chi connectivity index (χ0) is 10.1. The molecule has 0 saturated carbocycles. The molecule has 2 aromatic rings. The van der Waals surface area contributed by atoms with E-state index in [-0.39, 0.29) is 5.56 Å². The van der Waals surface area contributed by atoms with E-state index in [9.17, 15) is 9.18 Å². The van der Waals surface area contributed by atoms with E-state index in [1.54, 1.807) is 6.07 Å². The van der Waals surface area contributed by atoms with Crippen LogP contribution in [0.25, 0.3) is 10.1 Å². The number of carbonyl (C=O) groups is 1. The first kappa shape index (κ1) is 9.34. The van der Waals surface area contributed by atoms with Crippen LogP contribution in [0, 0.1) is 5.82 Å². The molecule has 1 nitrogen and oxygen atoms in total. The van der Waals surface area contributed by atoms with Crippen LogP contribution in [0.1, 0.15) is 22.8 Å². The third-order valence-electron chi connectivity index (χ3n) is 2.31. The van der Waals surface area contributed by atoms with Crippen molar-refractivity contribution in [1.82, 2.24) is 0 Å². The van der Waals surface area contributed by atoms with Crippen LogP contribution in [0.4, 0.5) is 4.39 Å². The Labute approximate surface area is 85.2 Å². The van der Waals surface area contributed by atoms with Gasteiger partial charge in [-0.3, -0.25) is 4.79 Å². The lowest BCUT2D eigenvalue weighted by Crippen LogP contribution is -1.87. The van der Waals surface area contributed by atoms with Crippen molar-refractivity contribution in [2.45, 2.75) is 13.3 Å². The molecule has 1 aromatic carbocycles. The summed E-state index contributed by atoms with van der Waals surface area (Å²) in [5.74, 6) is -0.433. The first-order valence-corrected chi connectivity index (χ1v) is 5.29. The summed E-state index contributed by atoms with van der Waals surface area (Å²) in [5, 5.41) is 2.98. The molecule has 0 atom stereocenters. The Bertz CT molecular complexity index is 487. The fourth-order valence-electron chi connectivity index (χ4n) is 1.53. The standard InChI is InChI=1S/C11H9FOS/c1-2-7-6-14-11-8(7)3-4-10(12)9(11)5-13/h3-6H,2H2,1H3. The molecule has 2 rings (SSSR count). The van der Waals surface area contributed by atoms with Crippen LogP contribution in [0.3, 0.4) is 0 Å². The predicted molar refractivity (Wildman–Crippen MR) is 56.5 cm³/mol. The van der Waals surface area contributed by atoms with Crippen LogP contribution >= 0.6 is 11.3 Å². The molecule has 0 aliphatic carbocycles. The Morgan fingerprint density at radius 1 is 1.50 bits per heavy atom. The van der Waals surface area contributed by atoms with Gasteiger partial charge in [-0.05, 0) is 28.8 Å². The van der Waals surface area contributed by atoms with E-state index in [0.29, 0.717) is 6.29 Å². The molecule has 0 amide bonds. The van der Waals surface area contributed by atoms with Crippen molar-refractivity contribution in [3.63, 3.8) is 0 Å². The first-order chi connectivity index (χ1) is 6.77. The second-order valence-corrected chi connectivity index (χ2v) is 3.95. The van der Waals surface area contributed by atoms with E-state index in [1.165, 1.54) is 23.0 Å². The minimum atomic E-state index is -0.433. The summed E-state index contributed by atoms with van der Waals surface area (Å²) in [4.78, 5) is 10.7. The normalized spacial score (nSPS) is 10.7. The van der Waals surface area contributed by atoms with Gasteiger partial charge in [-0.2, -0.15) is 0 Å². The Morgan fingerprint density at radius 3 is 2.93 bits per heavy atom. The van der Waals surface area contributed by atoms with Crippen LogP contribution in [-0.4, -0.2) is 6.29 Å². The zero-order valence-corrected chi connectivity index (χ0v) is 8.53. The average molecular weight is 208 g/mol. The molecule has 0 aliphatic heterocycles. The summed E-state index contributed by atoms with van der Waals surface area (Å²) in [6.07, 6.45) is 1.50. The zero-order valence-electron chi connectivity index (χ0n) is 7.71. The number of fused-ring (bicyclic) bond motifs is 1. The topological polar surface area (TPSA) is 17.1 Å². The molecule has 0 unspecified atom stereocenters. The highest BCUT2D eigenvalue weighted by Gasteiger charge is 2.10. The molecule has 1 aromatic heterocycles. The maximum Gasteiger partial charge on any atom is 0.154 e. The lowest BCUT2D eigenvalue weighted by molar-refractivity contribution is 0.112. The third kappa shape index (κ3) is 1.24. The van der Waals surface area contributed by atoms with E-state index in [4.69, 9.17) is 0 Å². The molecular weight excluding hydrogens is 199 g/mol. The maximum absolute atomic E-state index is 13.2. The third-order valence-corrected chi connectivity index (χ3v) is 3.38. The van der Waals surface area contributed by atoms with Gasteiger partial charge in [-0.15, -0.1) is 11.3 Å². The van der Waals surface area contributed by atoms with E-state index >= 15 is 0 Å². The fraction of sp³-hybridized carbons (Fsp3) is 0.182. The van der Waals surface area contributed by atoms with Gasteiger partial charge in [0.1, 0.15) is 5.82 Å². The van der Waals surface area contributed by atoms with Crippen molar-refractivity contribution < 1.29 is 9.18 Å². The van der Waals surface area contributed by atoms with Gasteiger partial charge in [-0.25, -0.2) is 4.39 Å². The van der Waals surface area contributed by atoms with Crippen LogP contribution in [0.2, 0.25) is 0 Å². The largest absolute Gasteiger partial charge is 0.298 e. The summed E-state index contributed by atoms with van der Waals surface area (Å²) >= 11 is 1.43. The first-order valence-electron chi connectivity index (χ1n) is 4.41. The summed E-state index contributed by atoms with van der Waals surface area (Å²) in [7, 11) is 0. The van der Waals surface area contributed by atoms with Crippen molar-refractivity contribution in [2.75, 3.05) is 0 Å². The molecule has 0 N–H and O–H groups in total. The van der Waals surface area contributed by atoms with Gasteiger partial charge in [0.25, 0.3) is 0 Å². The van der Waals surface area contributed by atoms with Crippen molar-refractivity contribution in [2.24, 2.45) is 0 Å². The highest BCUT2D eigenvalue weighted by molar-refractivity contribution is 7.17. The predicted octanol–water partition coefficient (Wildman–Crippen LogP) is 3.42. The minimum Gasteiger partial charge on any atom is -0.298 e. The lowest BCUT2D eigenvalue weighted by atomic mass is 10.1. The van der Waals surface area contributed by atoms with Gasteiger partial charge in [0.2, 0.25) is 0 Å². The van der Waals surface area contributed by atoms with E-state index in [1.807, 2.05) is 12.3 Å². The van der Waals surface area contributed by atoms with Gasteiger partial charge in [-0.1, -0.05) is 13.0 Å². The molecule has 0 saturated heterocycles. The molecule has 72 valence electrons. The number of aryl methyl sites for hydroxylation is 1. The maximum atomic E-state index is 13.2. The minimum absolute atomic E-state index is 0.187. The van der Waals surface area contributed by atoms with E-state index < -0.39 is 5.82 Å². The smallest absolute Gasteiger partial charge is 0.154 e. The molecule has 0 spiro atoms. The summed E-state index contributed by atoms with van der Waals surface area (Å²) in [6.45, 7) is 2.05. The van der Waals surface area contributed by atoms with Crippen molar-refractivity contribution in [3.8, 4) is 0 Å². The highest BCUT2D eigenvalue weighted by atomic mass is 32.1. The van der Waals surface area contributed by atoms with E-state index in [2.05, 4.69) is 0 Å². The summed E-state index contributed by atoms with van der Waals surface area (Å²) < 4.78 is 14.0. The molecule has 3 heteroatoms. The highest BCUT2D eigenvalue weighted by Crippen LogP contribution is 2.30. The Hall–Kier alpha value is -1.22. The molecule has 1 heterocycles. The number of aldehydes is 1. The lowest BCUT2D eigenvalue weighted by Gasteiger charge is -1.97. The van der Waals surface area contributed by atoms with Gasteiger partial charge in [0.15, 0.2) is 6.29 Å². The number of carbonyl (C=O) groups excluding carboxylic acids is 1. The fourth-order valence-corrected chi connectivity index (χ4v) is 2.68. The van der Waals surface area contributed by atoms with Crippen LogP contribution in [-0.2, 0) is 6.42 Å². The van der Waals surface area contributed by atoms with Crippen LogP contribution in [0.5, 0.6) is 0 Å². The quantitative estimate of drug-likeness (QED) is 0.691. The Kier molecular flexibility index (Phi) is 2.33. The van der Waals surface area contributed by atoms with Crippen molar-refractivity contribution in [3.05, 3.63) is 34.5 Å². The number of hydrogen-bond acceptors (Lipinski definition) is 2.